The van der Waals surface area contributed by atoms with Gasteiger partial charge in [-0.3, -0.25) is 4.98 Å². The Kier molecular flexibility index (Phi) is 1.70. The van der Waals surface area contributed by atoms with E-state index in [1.807, 2.05) is 18.5 Å². The van der Waals surface area contributed by atoms with Crippen LogP contribution in [0.5, 0.6) is 0 Å². The molecule has 0 saturated carbocycles. The first-order chi connectivity index (χ1) is 7.57. The lowest BCUT2D eigenvalue weighted by molar-refractivity contribution is 0.446. The summed E-state index contributed by atoms with van der Waals surface area (Å²) in [4.78, 5) is 4.37. The number of nitrogens with zero attached hydrogens (tertiary/aromatic N) is 1. The van der Waals surface area contributed by atoms with Crippen molar-refractivity contribution < 1.29 is 4.52 Å². The van der Waals surface area contributed by atoms with Crippen LogP contribution < -0.4 is 0 Å². The lowest BCUT2D eigenvalue weighted by atomic mass is 9.85. The van der Waals surface area contributed by atoms with E-state index < -0.39 is 0 Å². The number of aromatic amines is 1. The molecule has 3 rings (SSSR count). The fourth-order valence-corrected chi connectivity index (χ4v) is 2.12. The Bertz CT molecular complexity index is 655. The predicted octanol–water partition coefficient (Wildman–Crippen LogP) is 3.61. The Morgan fingerprint density at radius 3 is 2.81 bits per heavy atom. The van der Waals surface area contributed by atoms with E-state index in [9.17, 15) is 0 Å². The van der Waals surface area contributed by atoms with Crippen molar-refractivity contribution in [3.63, 3.8) is 0 Å². The molecule has 0 saturated heterocycles. The van der Waals surface area contributed by atoms with E-state index in [2.05, 4.69) is 37.0 Å². The Morgan fingerprint density at radius 1 is 1.25 bits per heavy atom. The van der Waals surface area contributed by atoms with Gasteiger partial charge in [0.1, 0.15) is 0 Å². The van der Waals surface area contributed by atoms with Gasteiger partial charge >= 0.3 is 0 Å². The van der Waals surface area contributed by atoms with Gasteiger partial charge in [-0.25, -0.2) is 5.16 Å². The smallest absolute Gasteiger partial charge is 0.168 e. The quantitative estimate of drug-likeness (QED) is 0.621. The van der Waals surface area contributed by atoms with Crippen molar-refractivity contribution in [2.45, 2.75) is 26.2 Å². The first-order valence-corrected chi connectivity index (χ1v) is 5.42. The minimum absolute atomic E-state index is 0.0527. The van der Waals surface area contributed by atoms with Crippen molar-refractivity contribution >= 4 is 21.9 Å². The second-order valence-electron chi connectivity index (χ2n) is 5.16. The average molecular weight is 214 g/mol. The van der Waals surface area contributed by atoms with Crippen molar-refractivity contribution in [2.75, 3.05) is 0 Å². The monoisotopic (exact) mass is 214 g/mol. The predicted molar refractivity (Wildman–Crippen MR) is 64.6 cm³/mol. The molecule has 16 heavy (non-hydrogen) atoms. The number of fused-ring (bicyclic) bond motifs is 3. The molecule has 0 atom stereocenters. The van der Waals surface area contributed by atoms with Crippen LogP contribution in [0.3, 0.4) is 0 Å². The number of aromatic nitrogens is 2. The number of nitrogens with one attached hydrogen (secondary N) is 1. The summed E-state index contributed by atoms with van der Waals surface area (Å²) >= 11 is 0. The van der Waals surface area contributed by atoms with Crippen molar-refractivity contribution in [1.82, 2.24) is 10.1 Å². The lowest BCUT2D eigenvalue weighted by Gasteiger charge is -2.18. The van der Waals surface area contributed by atoms with Gasteiger partial charge in [0.25, 0.3) is 0 Å². The van der Waals surface area contributed by atoms with E-state index in [1.165, 1.54) is 5.56 Å². The lowest BCUT2D eigenvalue weighted by Crippen LogP contribution is -2.11. The van der Waals surface area contributed by atoms with Crippen LogP contribution in [-0.2, 0) is 5.41 Å². The standard InChI is InChI=1S/C13H14N2O/c1-13(2,3)10-6-11-8(4-5-14-11)9-7-15-16-12(9)10/h4-7,15H,1-3H3. The molecule has 0 fully saturated rings. The van der Waals surface area contributed by atoms with E-state index >= 15 is 0 Å². The molecule has 3 aromatic rings. The summed E-state index contributed by atoms with van der Waals surface area (Å²) in [7, 11) is 0. The average Bonchev–Trinajstić information content (AvgIpc) is 2.82. The third-order valence-electron chi connectivity index (χ3n) is 2.96. The number of benzene rings is 1. The van der Waals surface area contributed by atoms with Crippen molar-refractivity contribution in [2.24, 2.45) is 0 Å². The van der Waals surface area contributed by atoms with Crippen LogP contribution in [0, 0.1) is 0 Å². The number of H-pyrrole nitrogens is 1. The third kappa shape index (κ3) is 1.18. The van der Waals surface area contributed by atoms with Gasteiger partial charge in [-0.05, 0) is 17.5 Å². The largest absolute Gasteiger partial charge is 0.382 e. The summed E-state index contributed by atoms with van der Waals surface area (Å²) < 4.78 is 5.50. The normalized spacial score (nSPS) is 12.7. The highest BCUT2D eigenvalue weighted by atomic mass is 16.5. The summed E-state index contributed by atoms with van der Waals surface area (Å²) in [5.74, 6) is 0. The molecule has 1 N–H and O–H groups in total. The minimum atomic E-state index is 0.0527. The second kappa shape index (κ2) is 2.88. The molecule has 0 aliphatic rings. The minimum Gasteiger partial charge on any atom is -0.382 e. The van der Waals surface area contributed by atoms with E-state index in [0.717, 1.165) is 21.9 Å². The van der Waals surface area contributed by atoms with Gasteiger partial charge in [0.05, 0.1) is 5.52 Å². The Labute approximate surface area is 93.4 Å². The van der Waals surface area contributed by atoms with Crippen molar-refractivity contribution in [3.05, 3.63) is 30.1 Å². The molecular formula is C13H14N2O. The molecule has 0 unspecified atom stereocenters. The van der Waals surface area contributed by atoms with Crippen LogP contribution in [0.1, 0.15) is 26.3 Å². The first-order valence-electron chi connectivity index (χ1n) is 5.42. The van der Waals surface area contributed by atoms with Gasteiger partial charge in [0.2, 0.25) is 0 Å². The van der Waals surface area contributed by atoms with E-state index in [-0.39, 0.29) is 5.41 Å². The van der Waals surface area contributed by atoms with E-state index in [0.29, 0.717) is 0 Å². The Morgan fingerprint density at radius 2 is 2.06 bits per heavy atom. The van der Waals surface area contributed by atoms with Crippen LogP contribution in [-0.4, -0.2) is 10.1 Å². The van der Waals surface area contributed by atoms with Crippen LogP contribution in [0.25, 0.3) is 21.9 Å². The third-order valence-corrected chi connectivity index (χ3v) is 2.96. The maximum atomic E-state index is 5.50. The molecule has 0 spiro atoms. The second-order valence-corrected chi connectivity index (χ2v) is 5.16. The molecule has 1 aromatic carbocycles. The first kappa shape index (κ1) is 9.46. The highest BCUT2D eigenvalue weighted by Crippen LogP contribution is 2.34. The summed E-state index contributed by atoms with van der Waals surface area (Å²) in [5, 5.41) is 5.09. The fraction of sp³-hybridized carbons (Fsp3) is 0.308. The zero-order valence-electron chi connectivity index (χ0n) is 9.66. The number of hydrogen-bond acceptors (Lipinski definition) is 2. The van der Waals surface area contributed by atoms with Gasteiger partial charge in [0, 0.05) is 28.7 Å². The summed E-state index contributed by atoms with van der Waals surface area (Å²) in [6.45, 7) is 6.54. The Balaban J connectivity index is 2.53. The SMILES string of the molecule is CC(C)(C)c1cc2nccc2c2c[nH]oc12. The Hall–Kier alpha value is -1.77. The summed E-state index contributed by atoms with van der Waals surface area (Å²) in [6.07, 6.45) is 3.73. The van der Waals surface area contributed by atoms with Gasteiger partial charge < -0.3 is 4.52 Å². The van der Waals surface area contributed by atoms with Crippen LogP contribution in [0.15, 0.2) is 29.0 Å². The summed E-state index contributed by atoms with van der Waals surface area (Å²) in [5.41, 5.74) is 3.21. The molecule has 3 nitrogen and oxygen atoms in total. The maximum absolute atomic E-state index is 5.50. The van der Waals surface area contributed by atoms with Crippen LogP contribution >= 0.6 is 0 Å². The highest BCUT2D eigenvalue weighted by molar-refractivity contribution is 6.05. The van der Waals surface area contributed by atoms with Crippen LogP contribution in [0.4, 0.5) is 0 Å². The molecule has 0 aliphatic heterocycles. The molecule has 0 aliphatic carbocycles. The molecule has 3 heteroatoms. The molecule has 0 bridgehead atoms. The van der Waals surface area contributed by atoms with Crippen molar-refractivity contribution in [1.29, 1.82) is 0 Å². The molecule has 0 amide bonds. The number of rotatable bonds is 0. The van der Waals surface area contributed by atoms with Gasteiger partial charge in [-0.15, -0.1) is 0 Å². The zero-order chi connectivity index (χ0) is 11.3. The van der Waals surface area contributed by atoms with Crippen LogP contribution in [0.2, 0.25) is 0 Å². The highest BCUT2D eigenvalue weighted by Gasteiger charge is 2.21. The zero-order valence-corrected chi connectivity index (χ0v) is 9.66. The van der Waals surface area contributed by atoms with Gasteiger partial charge in [-0.2, -0.15) is 0 Å². The number of hydrogen-bond donors (Lipinski definition) is 1. The van der Waals surface area contributed by atoms with Gasteiger partial charge in [-0.1, -0.05) is 20.8 Å². The fourth-order valence-electron chi connectivity index (χ4n) is 2.12. The molecular weight excluding hydrogens is 200 g/mol. The van der Waals surface area contributed by atoms with Gasteiger partial charge in [0.15, 0.2) is 5.58 Å². The summed E-state index contributed by atoms with van der Waals surface area (Å²) in [6, 6.07) is 4.14. The van der Waals surface area contributed by atoms with E-state index in [4.69, 9.17) is 4.52 Å². The van der Waals surface area contributed by atoms with E-state index in [1.54, 1.807) is 0 Å². The molecule has 2 heterocycles. The van der Waals surface area contributed by atoms with Crippen molar-refractivity contribution in [3.8, 4) is 0 Å². The molecule has 2 aromatic heterocycles. The maximum Gasteiger partial charge on any atom is 0.168 e. The molecule has 82 valence electrons. The topological polar surface area (TPSA) is 41.8 Å². The molecule has 0 radical (unpaired) electrons.